The number of aromatic amines is 1. The molecule has 0 aliphatic rings. The van der Waals surface area contributed by atoms with Gasteiger partial charge >= 0.3 is 5.97 Å². The van der Waals surface area contributed by atoms with Crippen molar-refractivity contribution in [2.45, 2.75) is 25.9 Å². The number of benzene rings is 1. The minimum atomic E-state index is -0.424. The van der Waals surface area contributed by atoms with Crippen molar-refractivity contribution in [2.24, 2.45) is 0 Å². The maximum atomic E-state index is 12.2. The molecule has 0 saturated heterocycles. The third kappa shape index (κ3) is 4.79. The minimum Gasteiger partial charge on any atom is -0.462 e. The Balaban J connectivity index is 1.59. The van der Waals surface area contributed by atoms with Crippen LogP contribution in [0.3, 0.4) is 0 Å². The SMILES string of the molecule is CCOC(=O)c1sc(NC(=O)CSc2nc(-c3ccccc3)c(C)[nH]2)nc1C. The number of ether oxygens (including phenoxy) is 1. The first-order valence-corrected chi connectivity index (χ1v) is 10.5. The van der Waals surface area contributed by atoms with Crippen LogP contribution in [-0.4, -0.2) is 39.2 Å². The number of H-pyrrole nitrogens is 1. The van der Waals surface area contributed by atoms with Gasteiger partial charge in [-0.05, 0) is 20.8 Å². The highest BCUT2D eigenvalue weighted by Gasteiger charge is 2.18. The summed E-state index contributed by atoms with van der Waals surface area (Å²) in [5.74, 6) is -0.467. The Morgan fingerprint density at radius 3 is 2.68 bits per heavy atom. The number of anilines is 1. The Morgan fingerprint density at radius 2 is 1.96 bits per heavy atom. The van der Waals surface area contributed by atoms with Gasteiger partial charge in [-0.1, -0.05) is 53.4 Å². The molecule has 0 saturated carbocycles. The molecule has 0 bridgehead atoms. The highest BCUT2D eigenvalue weighted by atomic mass is 32.2. The van der Waals surface area contributed by atoms with E-state index >= 15 is 0 Å². The van der Waals surface area contributed by atoms with Gasteiger partial charge in [-0.2, -0.15) is 0 Å². The predicted octanol–water partition coefficient (Wildman–Crippen LogP) is 4.06. The molecule has 2 aromatic heterocycles. The number of hydrogen-bond donors (Lipinski definition) is 2. The van der Waals surface area contributed by atoms with Crippen LogP contribution in [0.5, 0.6) is 0 Å². The van der Waals surface area contributed by atoms with Crippen molar-refractivity contribution < 1.29 is 14.3 Å². The molecule has 9 heteroatoms. The van der Waals surface area contributed by atoms with E-state index in [4.69, 9.17) is 4.74 Å². The van der Waals surface area contributed by atoms with Crippen molar-refractivity contribution in [3.63, 3.8) is 0 Å². The number of imidazole rings is 1. The van der Waals surface area contributed by atoms with Crippen molar-refractivity contribution >= 4 is 40.1 Å². The van der Waals surface area contributed by atoms with Crippen molar-refractivity contribution in [3.05, 3.63) is 46.6 Å². The largest absolute Gasteiger partial charge is 0.462 e. The summed E-state index contributed by atoms with van der Waals surface area (Å²) in [7, 11) is 0. The quantitative estimate of drug-likeness (QED) is 0.445. The Labute approximate surface area is 170 Å². The number of esters is 1. The van der Waals surface area contributed by atoms with Crippen molar-refractivity contribution in [1.29, 1.82) is 0 Å². The van der Waals surface area contributed by atoms with Crippen LogP contribution in [0.2, 0.25) is 0 Å². The van der Waals surface area contributed by atoms with Gasteiger partial charge in [0.1, 0.15) is 4.88 Å². The molecule has 0 atom stereocenters. The molecule has 2 N–H and O–H groups in total. The van der Waals surface area contributed by atoms with Gasteiger partial charge in [0.05, 0.1) is 23.7 Å². The molecule has 1 aromatic carbocycles. The summed E-state index contributed by atoms with van der Waals surface area (Å²) in [4.78, 5) is 36.5. The number of carbonyl (C=O) groups excluding carboxylic acids is 2. The van der Waals surface area contributed by atoms with E-state index in [1.165, 1.54) is 11.8 Å². The van der Waals surface area contributed by atoms with Crippen LogP contribution in [0.25, 0.3) is 11.3 Å². The van der Waals surface area contributed by atoms with Crippen LogP contribution in [0.1, 0.15) is 28.0 Å². The Morgan fingerprint density at radius 1 is 1.21 bits per heavy atom. The van der Waals surface area contributed by atoms with Crippen molar-refractivity contribution in [1.82, 2.24) is 15.0 Å². The summed E-state index contributed by atoms with van der Waals surface area (Å²) in [6.45, 7) is 5.70. The Hall–Kier alpha value is -2.65. The first kappa shape index (κ1) is 20.1. The molecule has 2 heterocycles. The fourth-order valence-corrected chi connectivity index (χ4v) is 4.10. The predicted molar refractivity (Wildman–Crippen MR) is 111 cm³/mol. The van der Waals surface area contributed by atoms with Crippen molar-refractivity contribution in [3.8, 4) is 11.3 Å². The van der Waals surface area contributed by atoms with E-state index in [1.54, 1.807) is 13.8 Å². The molecule has 0 unspecified atom stereocenters. The number of thiazole rings is 1. The number of thioether (sulfide) groups is 1. The average Bonchev–Trinajstić information content (AvgIpc) is 3.23. The van der Waals surface area contributed by atoms with Gasteiger partial charge < -0.3 is 15.0 Å². The summed E-state index contributed by atoms with van der Waals surface area (Å²) in [5, 5.41) is 3.78. The molecule has 146 valence electrons. The summed E-state index contributed by atoms with van der Waals surface area (Å²) < 4.78 is 4.98. The summed E-state index contributed by atoms with van der Waals surface area (Å²) in [6, 6.07) is 9.88. The second kappa shape index (κ2) is 9.03. The second-order valence-corrected chi connectivity index (χ2v) is 7.84. The number of aryl methyl sites for hydroxylation is 2. The van der Waals surface area contributed by atoms with Crippen LogP contribution in [0.15, 0.2) is 35.5 Å². The Bertz CT molecular complexity index is 982. The molecule has 0 aliphatic heterocycles. The van der Waals surface area contributed by atoms with Crippen LogP contribution in [0.4, 0.5) is 5.13 Å². The normalized spacial score (nSPS) is 10.7. The number of nitrogens with one attached hydrogen (secondary N) is 2. The molecule has 7 nitrogen and oxygen atoms in total. The molecule has 3 aromatic rings. The fourth-order valence-electron chi connectivity index (χ4n) is 2.50. The van der Waals surface area contributed by atoms with E-state index in [0.29, 0.717) is 27.5 Å². The summed E-state index contributed by atoms with van der Waals surface area (Å²) in [5.41, 5.74) is 3.39. The van der Waals surface area contributed by atoms with Crippen LogP contribution in [-0.2, 0) is 9.53 Å². The maximum Gasteiger partial charge on any atom is 0.350 e. The van der Waals surface area contributed by atoms with Gasteiger partial charge in [0.15, 0.2) is 10.3 Å². The second-order valence-electron chi connectivity index (χ2n) is 5.87. The van der Waals surface area contributed by atoms with E-state index < -0.39 is 5.97 Å². The zero-order valence-corrected chi connectivity index (χ0v) is 17.4. The topological polar surface area (TPSA) is 97.0 Å². The molecule has 1 amide bonds. The van der Waals surface area contributed by atoms with E-state index in [-0.39, 0.29) is 11.7 Å². The maximum absolute atomic E-state index is 12.2. The number of aromatic nitrogens is 3. The fraction of sp³-hybridized carbons (Fsp3) is 0.263. The molecule has 0 spiro atoms. The molecular formula is C19H20N4O3S2. The number of hydrogen-bond acceptors (Lipinski definition) is 7. The number of carbonyl (C=O) groups is 2. The van der Waals surface area contributed by atoms with Gasteiger partial charge in [-0.25, -0.2) is 14.8 Å². The third-order valence-corrected chi connectivity index (χ3v) is 5.68. The first-order valence-electron chi connectivity index (χ1n) is 8.67. The summed E-state index contributed by atoms with van der Waals surface area (Å²) in [6.07, 6.45) is 0. The monoisotopic (exact) mass is 416 g/mol. The molecule has 0 aliphatic carbocycles. The highest BCUT2D eigenvalue weighted by molar-refractivity contribution is 7.99. The van der Waals surface area contributed by atoms with Crippen molar-refractivity contribution in [2.75, 3.05) is 17.7 Å². The zero-order chi connectivity index (χ0) is 20.1. The molecule has 0 radical (unpaired) electrons. The van der Waals surface area contributed by atoms with Gasteiger partial charge in [-0.3, -0.25) is 4.79 Å². The van der Waals surface area contributed by atoms with Crippen LogP contribution < -0.4 is 5.32 Å². The zero-order valence-electron chi connectivity index (χ0n) is 15.7. The standard InChI is InChI=1S/C19H20N4O3S2/c1-4-26-17(25)16-12(3)21-19(28-16)22-14(24)10-27-18-20-11(2)15(23-18)13-8-6-5-7-9-13/h5-9H,4,10H2,1-3H3,(H,20,23)(H,21,22,24). The lowest BCUT2D eigenvalue weighted by Crippen LogP contribution is -2.13. The van der Waals surface area contributed by atoms with E-state index in [2.05, 4.69) is 20.3 Å². The molecular weight excluding hydrogens is 396 g/mol. The third-order valence-electron chi connectivity index (χ3n) is 3.75. The summed E-state index contributed by atoms with van der Waals surface area (Å²) >= 11 is 2.42. The van der Waals surface area contributed by atoms with E-state index in [1.807, 2.05) is 37.3 Å². The van der Waals surface area contributed by atoms with Gasteiger partial charge in [0.25, 0.3) is 0 Å². The van der Waals surface area contributed by atoms with Crippen LogP contribution in [0, 0.1) is 13.8 Å². The van der Waals surface area contributed by atoms with Gasteiger partial charge in [0, 0.05) is 11.3 Å². The lowest BCUT2D eigenvalue weighted by Gasteiger charge is -2.00. The Kier molecular flexibility index (Phi) is 6.48. The van der Waals surface area contributed by atoms with E-state index in [0.717, 1.165) is 28.3 Å². The average molecular weight is 417 g/mol. The molecule has 0 fully saturated rings. The highest BCUT2D eigenvalue weighted by Crippen LogP contribution is 2.26. The smallest absolute Gasteiger partial charge is 0.350 e. The lowest BCUT2D eigenvalue weighted by atomic mass is 10.1. The van der Waals surface area contributed by atoms with Gasteiger partial charge in [-0.15, -0.1) is 0 Å². The molecule has 28 heavy (non-hydrogen) atoms. The number of rotatable bonds is 7. The van der Waals surface area contributed by atoms with Crippen LogP contribution >= 0.6 is 23.1 Å². The number of nitrogens with zero attached hydrogens (tertiary/aromatic N) is 2. The first-order chi connectivity index (χ1) is 13.5. The number of amides is 1. The van der Waals surface area contributed by atoms with E-state index in [9.17, 15) is 9.59 Å². The molecule has 3 rings (SSSR count). The van der Waals surface area contributed by atoms with Gasteiger partial charge in [0.2, 0.25) is 5.91 Å². The lowest BCUT2D eigenvalue weighted by molar-refractivity contribution is -0.113. The minimum absolute atomic E-state index is 0.175.